The molecule has 196 valence electrons. The SMILES string of the molecule is CC(C)NC(C)(C)CC(C)(C)CNC(=O)C(C)(C)CCOC(C)(C)CC(=O)NCC(C)(C)C. The monoisotopic (exact) mass is 469 g/mol. The quantitative estimate of drug-likeness (QED) is 0.332. The van der Waals surface area contributed by atoms with Crippen LogP contribution in [-0.4, -0.2) is 48.7 Å². The molecule has 6 heteroatoms. The summed E-state index contributed by atoms with van der Waals surface area (Å²) in [7, 11) is 0. The van der Waals surface area contributed by atoms with E-state index < -0.39 is 11.0 Å². The van der Waals surface area contributed by atoms with Crippen molar-refractivity contribution in [3.05, 3.63) is 0 Å². The molecule has 0 saturated heterocycles. The first-order valence-electron chi connectivity index (χ1n) is 12.5. The van der Waals surface area contributed by atoms with Crippen molar-refractivity contribution in [3.63, 3.8) is 0 Å². The highest BCUT2D eigenvalue weighted by Crippen LogP contribution is 2.29. The maximum atomic E-state index is 12.9. The molecule has 2 amide bonds. The van der Waals surface area contributed by atoms with Gasteiger partial charge < -0.3 is 20.7 Å². The van der Waals surface area contributed by atoms with Gasteiger partial charge in [0.2, 0.25) is 11.8 Å². The Labute approximate surface area is 204 Å². The molecule has 0 unspecified atom stereocenters. The third kappa shape index (κ3) is 15.4. The fraction of sp³-hybridized carbons (Fsp3) is 0.926. The van der Waals surface area contributed by atoms with Crippen LogP contribution in [0, 0.1) is 16.2 Å². The van der Waals surface area contributed by atoms with Crippen LogP contribution in [0.25, 0.3) is 0 Å². The van der Waals surface area contributed by atoms with Crippen LogP contribution in [0.5, 0.6) is 0 Å². The van der Waals surface area contributed by atoms with Crippen molar-refractivity contribution >= 4 is 11.8 Å². The largest absolute Gasteiger partial charge is 0.375 e. The first-order valence-corrected chi connectivity index (χ1v) is 12.5. The Balaban J connectivity index is 4.61. The molecule has 33 heavy (non-hydrogen) atoms. The highest BCUT2D eigenvalue weighted by Gasteiger charge is 2.33. The molecule has 0 aromatic carbocycles. The van der Waals surface area contributed by atoms with E-state index in [9.17, 15) is 9.59 Å². The number of nitrogens with one attached hydrogen (secondary N) is 3. The predicted octanol–water partition coefficient (Wildman–Crippen LogP) is 5.06. The van der Waals surface area contributed by atoms with Gasteiger partial charge in [-0.1, -0.05) is 62.3 Å². The van der Waals surface area contributed by atoms with Gasteiger partial charge in [-0.05, 0) is 51.4 Å². The van der Waals surface area contributed by atoms with E-state index in [1.165, 1.54) is 0 Å². The summed E-state index contributed by atoms with van der Waals surface area (Å²) in [6.07, 6.45) is 1.84. The van der Waals surface area contributed by atoms with Crippen LogP contribution in [0.2, 0.25) is 0 Å². The lowest BCUT2D eigenvalue weighted by molar-refractivity contribution is -0.134. The normalized spacial score (nSPS) is 13.9. The van der Waals surface area contributed by atoms with Crippen molar-refractivity contribution in [1.29, 1.82) is 0 Å². The minimum absolute atomic E-state index is 0.00346. The van der Waals surface area contributed by atoms with Crippen LogP contribution < -0.4 is 16.0 Å². The fourth-order valence-corrected chi connectivity index (χ4v) is 4.21. The highest BCUT2D eigenvalue weighted by atomic mass is 16.5. The number of amides is 2. The van der Waals surface area contributed by atoms with Gasteiger partial charge in [-0.15, -0.1) is 0 Å². The van der Waals surface area contributed by atoms with E-state index in [1.54, 1.807) is 0 Å². The summed E-state index contributed by atoms with van der Waals surface area (Å²) in [5.74, 6) is 0.0265. The van der Waals surface area contributed by atoms with E-state index in [0.717, 1.165) is 6.42 Å². The summed E-state index contributed by atoms with van der Waals surface area (Å²) >= 11 is 0. The number of carbonyl (C=O) groups excluding carboxylic acids is 2. The van der Waals surface area contributed by atoms with Gasteiger partial charge in [0.25, 0.3) is 0 Å². The summed E-state index contributed by atoms with van der Waals surface area (Å²) < 4.78 is 6.02. The van der Waals surface area contributed by atoms with Crippen LogP contribution in [0.15, 0.2) is 0 Å². The molecule has 0 aromatic heterocycles. The topological polar surface area (TPSA) is 79.5 Å². The summed E-state index contributed by atoms with van der Waals surface area (Å²) in [4.78, 5) is 25.2. The Morgan fingerprint density at radius 3 is 1.85 bits per heavy atom. The van der Waals surface area contributed by atoms with Gasteiger partial charge in [0, 0.05) is 36.7 Å². The number of hydrogen-bond donors (Lipinski definition) is 3. The fourth-order valence-electron chi connectivity index (χ4n) is 4.21. The molecule has 0 saturated carbocycles. The van der Waals surface area contributed by atoms with E-state index in [0.29, 0.717) is 38.6 Å². The van der Waals surface area contributed by atoms with E-state index >= 15 is 0 Å². The molecular formula is C27H55N3O3. The van der Waals surface area contributed by atoms with Crippen LogP contribution >= 0.6 is 0 Å². The van der Waals surface area contributed by atoms with Crippen LogP contribution in [0.3, 0.4) is 0 Å². The van der Waals surface area contributed by atoms with E-state index in [1.807, 2.05) is 27.7 Å². The second kappa shape index (κ2) is 12.0. The van der Waals surface area contributed by atoms with Crippen molar-refractivity contribution in [2.24, 2.45) is 16.2 Å². The zero-order valence-corrected chi connectivity index (χ0v) is 24.0. The number of hydrogen-bond acceptors (Lipinski definition) is 4. The lowest BCUT2D eigenvalue weighted by atomic mass is 9.79. The van der Waals surface area contributed by atoms with Gasteiger partial charge >= 0.3 is 0 Å². The van der Waals surface area contributed by atoms with Crippen molar-refractivity contribution in [2.45, 2.75) is 126 Å². The van der Waals surface area contributed by atoms with Crippen LogP contribution in [0.4, 0.5) is 0 Å². The second-order valence-electron chi connectivity index (χ2n) is 14.0. The first-order chi connectivity index (χ1) is 14.6. The zero-order chi connectivity index (χ0) is 26.3. The molecule has 0 radical (unpaired) electrons. The predicted molar refractivity (Wildman–Crippen MR) is 139 cm³/mol. The maximum Gasteiger partial charge on any atom is 0.225 e. The number of carbonyl (C=O) groups is 2. The van der Waals surface area contributed by atoms with E-state index in [2.05, 4.69) is 78.3 Å². The molecule has 0 bridgehead atoms. The lowest BCUT2D eigenvalue weighted by Gasteiger charge is -2.38. The van der Waals surface area contributed by atoms with Crippen molar-refractivity contribution in [1.82, 2.24) is 16.0 Å². The minimum Gasteiger partial charge on any atom is -0.375 e. The van der Waals surface area contributed by atoms with Crippen molar-refractivity contribution < 1.29 is 14.3 Å². The molecule has 0 aliphatic carbocycles. The molecule has 0 heterocycles. The Morgan fingerprint density at radius 1 is 0.818 bits per heavy atom. The average Bonchev–Trinajstić information content (AvgIpc) is 2.54. The Kier molecular flexibility index (Phi) is 11.6. The Bertz CT molecular complexity index is 629. The van der Waals surface area contributed by atoms with Crippen LogP contribution in [-0.2, 0) is 14.3 Å². The third-order valence-corrected chi connectivity index (χ3v) is 5.56. The molecule has 0 aliphatic heterocycles. The van der Waals surface area contributed by atoms with E-state index in [4.69, 9.17) is 4.74 Å². The molecular weight excluding hydrogens is 414 g/mol. The average molecular weight is 470 g/mol. The van der Waals surface area contributed by atoms with Gasteiger partial charge in [-0.2, -0.15) is 0 Å². The molecule has 0 fully saturated rings. The summed E-state index contributed by atoms with van der Waals surface area (Å²) in [5, 5.41) is 9.74. The molecule has 0 spiro atoms. The van der Waals surface area contributed by atoms with E-state index in [-0.39, 0.29) is 28.2 Å². The van der Waals surface area contributed by atoms with Crippen molar-refractivity contribution in [2.75, 3.05) is 19.7 Å². The molecule has 6 nitrogen and oxygen atoms in total. The number of rotatable bonds is 14. The Morgan fingerprint density at radius 2 is 1.36 bits per heavy atom. The van der Waals surface area contributed by atoms with Gasteiger partial charge in [0.1, 0.15) is 0 Å². The smallest absolute Gasteiger partial charge is 0.225 e. The standard InChI is InChI=1S/C27H55N3O3/c1-20(2)30-26(10,11)17-24(6,7)19-29-22(32)25(8,9)14-15-33-27(12,13)16-21(31)28-18-23(3,4)5/h20,30H,14-19H2,1-13H3,(H,28,31)(H,29,32). The Hall–Kier alpha value is -1.14. The molecule has 0 aromatic rings. The molecule has 0 rings (SSSR count). The third-order valence-electron chi connectivity index (χ3n) is 5.56. The van der Waals surface area contributed by atoms with Crippen molar-refractivity contribution in [3.8, 4) is 0 Å². The molecule has 3 N–H and O–H groups in total. The summed E-state index contributed by atoms with van der Waals surface area (Å²) in [6, 6.07) is 0.415. The molecule has 0 atom stereocenters. The summed E-state index contributed by atoms with van der Waals surface area (Å²) in [5.41, 5.74) is -1.11. The van der Waals surface area contributed by atoms with Gasteiger partial charge in [0.15, 0.2) is 0 Å². The summed E-state index contributed by atoms with van der Waals surface area (Å²) in [6.45, 7) is 28.8. The minimum atomic E-state index is -0.578. The highest BCUT2D eigenvalue weighted by molar-refractivity contribution is 5.81. The lowest BCUT2D eigenvalue weighted by Crippen LogP contribution is -2.49. The number of ether oxygens (including phenoxy) is 1. The van der Waals surface area contributed by atoms with Crippen LogP contribution in [0.1, 0.15) is 109 Å². The first kappa shape index (κ1) is 31.9. The second-order valence-corrected chi connectivity index (χ2v) is 14.0. The van der Waals surface area contributed by atoms with Gasteiger partial charge in [-0.3, -0.25) is 9.59 Å². The molecule has 0 aliphatic rings. The zero-order valence-electron chi connectivity index (χ0n) is 24.0. The maximum absolute atomic E-state index is 12.9. The van der Waals surface area contributed by atoms with Gasteiger partial charge in [0.05, 0.1) is 12.0 Å². The van der Waals surface area contributed by atoms with Gasteiger partial charge in [-0.25, -0.2) is 0 Å².